The van der Waals surface area contributed by atoms with Crippen molar-refractivity contribution in [2.45, 2.75) is 0 Å². The van der Waals surface area contributed by atoms with E-state index in [-0.39, 0.29) is 0 Å². The second-order valence-corrected chi connectivity index (χ2v) is 15.2. The molecule has 2 aromatic heterocycles. The van der Waals surface area contributed by atoms with Crippen molar-refractivity contribution in [3.63, 3.8) is 0 Å². The van der Waals surface area contributed by atoms with Gasteiger partial charge in [-0.3, -0.25) is 0 Å². The zero-order valence-corrected chi connectivity index (χ0v) is 30.6. The lowest BCUT2D eigenvalue weighted by atomic mass is 9.92. The first kappa shape index (κ1) is 31.6. The first-order chi connectivity index (χ1) is 27.2. The highest BCUT2D eigenvalue weighted by molar-refractivity contribution is 7.25. The molecule has 0 atom stereocenters. The lowest BCUT2D eigenvalue weighted by Gasteiger charge is -2.27. The maximum atomic E-state index is 6.69. The molecule has 258 valence electrons. The van der Waals surface area contributed by atoms with E-state index in [4.69, 9.17) is 4.42 Å². The molecule has 55 heavy (non-hydrogen) atoms. The number of rotatable bonds is 6. The van der Waals surface area contributed by atoms with Gasteiger partial charge in [-0.2, -0.15) is 0 Å². The minimum atomic E-state index is 0.863. The van der Waals surface area contributed by atoms with E-state index in [0.29, 0.717) is 0 Å². The summed E-state index contributed by atoms with van der Waals surface area (Å²) in [5, 5.41) is 7.28. The molecule has 0 unspecified atom stereocenters. The number of anilines is 3. The number of hydrogen-bond acceptors (Lipinski definition) is 3. The zero-order chi connectivity index (χ0) is 36.3. The summed E-state index contributed by atoms with van der Waals surface area (Å²) in [5.41, 5.74) is 11.9. The lowest BCUT2D eigenvalue weighted by molar-refractivity contribution is 0.669. The smallest absolute Gasteiger partial charge is 0.159 e. The highest BCUT2D eigenvalue weighted by Gasteiger charge is 2.21. The molecule has 11 rings (SSSR count). The van der Waals surface area contributed by atoms with Crippen molar-refractivity contribution in [3.05, 3.63) is 200 Å². The number of nitrogens with zero attached hydrogens (tertiary/aromatic N) is 1. The molecule has 11 aromatic rings. The Balaban J connectivity index is 1.12. The van der Waals surface area contributed by atoms with Crippen LogP contribution in [0, 0.1) is 0 Å². The van der Waals surface area contributed by atoms with Crippen molar-refractivity contribution in [3.8, 4) is 33.4 Å². The van der Waals surface area contributed by atoms with Crippen LogP contribution >= 0.6 is 11.3 Å². The van der Waals surface area contributed by atoms with E-state index in [2.05, 4.69) is 199 Å². The van der Waals surface area contributed by atoms with E-state index >= 15 is 0 Å². The second kappa shape index (κ2) is 12.9. The first-order valence-corrected chi connectivity index (χ1v) is 19.5. The molecule has 0 aliphatic carbocycles. The molecule has 0 bridgehead atoms. The predicted octanol–water partition coefficient (Wildman–Crippen LogP) is 15.6. The van der Waals surface area contributed by atoms with Gasteiger partial charge >= 0.3 is 0 Å². The fourth-order valence-corrected chi connectivity index (χ4v) is 9.27. The van der Waals surface area contributed by atoms with Crippen LogP contribution in [0.1, 0.15) is 0 Å². The van der Waals surface area contributed by atoms with Crippen LogP contribution in [-0.2, 0) is 0 Å². The number of hydrogen-bond donors (Lipinski definition) is 0. The quantitative estimate of drug-likeness (QED) is 0.170. The van der Waals surface area contributed by atoms with Crippen molar-refractivity contribution in [2.75, 3.05) is 4.90 Å². The van der Waals surface area contributed by atoms with E-state index < -0.39 is 0 Å². The summed E-state index contributed by atoms with van der Waals surface area (Å²) in [6.45, 7) is 0. The van der Waals surface area contributed by atoms with Crippen molar-refractivity contribution >= 4 is 81.3 Å². The van der Waals surface area contributed by atoms with Crippen LogP contribution in [-0.4, -0.2) is 0 Å². The highest BCUT2D eigenvalue weighted by Crippen LogP contribution is 2.46. The minimum Gasteiger partial charge on any atom is -0.454 e. The van der Waals surface area contributed by atoms with Gasteiger partial charge in [-0.15, -0.1) is 11.3 Å². The third-order valence-electron chi connectivity index (χ3n) is 10.9. The fourth-order valence-electron chi connectivity index (χ4n) is 8.18. The Kier molecular flexibility index (Phi) is 7.39. The Bertz CT molecular complexity index is 3210. The van der Waals surface area contributed by atoms with Gasteiger partial charge in [0.15, 0.2) is 5.58 Å². The van der Waals surface area contributed by atoms with Gasteiger partial charge in [0.2, 0.25) is 0 Å². The van der Waals surface area contributed by atoms with Crippen LogP contribution in [0.4, 0.5) is 17.1 Å². The molecule has 3 heteroatoms. The van der Waals surface area contributed by atoms with Gasteiger partial charge < -0.3 is 9.32 Å². The molecule has 2 heterocycles. The minimum absolute atomic E-state index is 0.863. The summed E-state index contributed by atoms with van der Waals surface area (Å²) >= 11 is 1.85. The maximum Gasteiger partial charge on any atom is 0.159 e. The van der Waals surface area contributed by atoms with E-state index in [1.807, 2.05) is 17.4 Å². The maximum absolute atomic E-state index is 6.69. The Morgan fingerprint density at radius 1 is 0.364 bits per heavy atom. The zero-order valence-electron chi connectivity index (χ0n) is 29.8. The molecule has 0 fully saturated rings. The Labute approximate surface area is 322 Å². The molecule has 0 N–H and O–H groups in total. The standard InChI is InChI=1S/C52H33NOS/c1-2-12-36(13-3-1)42-29-28-41(33-46(42)39-25-30-51-47(32-39)44-16-7-9-20-50(44)55-51)53(48-18-10-17-45-43-15-6-8-19-49(43)54-52(45)48)40-26-23-35(24-27-40)38-22-21-34-11-4-5-14-37(34)31-38/h1-33H. The largest absolute Gasteiger partial charge is 0.454 e. The van der Waals surface area contributed by atoms with Crippen LogP contribution < -0.4 is 4.90 Å². The molecular weight excluding hydrogens is 687 g/mol. The monoisotopic (exact) mass is 719 g/mol. The van der Waals surface area contributed by atoms with Crippen LogP contribution in [0.15, 0.2) is 205 Å². The summed E-state index contributed by atoms with van der Waals surface area (Å²) in [4.78, 5) is 2.35. The number of benzene rings is 9. The van der Waals surface area contributed by atoms with Crippen LogP contribution in [0.3, 0.4) is 0 Å². The van der Waals surface area contributed by atoms with Crippen LogP contribution in [0.25, 0.3) is 86.3 Å². The second-order valence-electron chi connectivity index (χ2n) is 14.1. The summed E-state index contributed by atoms with van der Waals surface area (Å²) in [5.74, 6) is 0. The third kappa shape index (κ3) is 5.40. The van der Waals surface area contributed by atoms with Crippen molar-refractivity contribution in [2.24, 2.45) is 0 Å². The van der Waals surface area contributed by atoms with Crippen molar-refractivity contribution < 1.29 is 4.42 Å². The Morgan fingerprint density at radius 2 is 1.05 bits per heavy atom. The molecule has 0 spiro atoms. The summed E-state index contributed by atoms with van der Waals surface area (Å²) in [6.07, 6.45) is 0. The SMILES string of the molecule is c1ccc(-c2ccc(N(c3ccc(-c4ccc5ccccc5c4)cc3)c3cccc4c3oc3ccccc34)cc2-c2ccc3sc4ccccc4c3c2)cc1. The fraction of sp³-hybridized carbons (Fsp3) is 0. The average molecular weight is 720 g/mol. The van der Waals surface area contributed by atoms with Gasteiger partial charge in [0.25, 0.3) is 0 Å². The normalized spacial score (nSPS) is 11.6. The summed E-state index contributed by atoms with van der Waals surface area (Å²) in [6, 6.07) is 72.3. The first-order valence-electron chi connectivity index (χ1n) is 18.7. The van der Waals surface area contributed by atoms with Gasteiger partial charge in [0, 0.05) is 42.3 Å². The van der Waals surface area contributed by atoms with Crippen LogP contribution in [0.5, 0.6) is 0 Å². The highest BCUT2D eigenvalue weighted by atomic mass is 32.1. The molecule has 0 aliphatic heterocycles. The topological polar surface area (TPSA) is 16.4 Å². The lowest BCUT2D eigenvalue weighted by Crippen LogP contribution is -2.10. The number of furan rings is 1. The van der Waals surface area contributed by atoms with Gasteiger partial charge in [-0.1, -0.05) is 140 Å². The Hall–Kier alpha value is -6.94. The molecule has 0 aliphatic rings. The summed E-state index contributed by atoms with van der Waals surface area (Å²) in [7, 11) is 0. The van der Waals surface area contributed by atoms with Crippen molar-refractivity contribution in [1.29, 1.82) is 0 Å². The van der Waals surface area contributed by atoms with Crippen molar-refractivity contribution in [1.82, 2.24) is 0 Å². The molecule has 0 saturated heterocycles. The molecule has 2 nitrogen and oxygen atoms in total. The molecule has 0 saturated carbocycles. The molecule has 9 aromatic carbocycles. The molecular formula is C52H33NOS. The van der Waals surface area contributed by atoms with E-state index in [1.54, 1.807) is 0 Å². The number of para-hydroxylation sites is 2. The number of fused-ring (bicyclic) bond motifs is 7. The van der Waals surface area contributed by atoms with Crippen LogP contribution in [0.2, 0.25) is 0 Å². The predicted molar refractivity (Wildman–Crippen MR) is 235 cm³/mol. The van der Waals surface area contributed by atoms with Gasteiger partial charge in [0.1, 0.15) is 5.58 Å². The van der Waals surface area contributed by atoms with E-state index in [9.17, 15) is 0 Å². The van der Waals surface area contributed by atoms with Gasteiger partial charge in [-0.25, -0.2) is 0 Å². The number of thiophene rings is 1. The van der Waals surface area contributed by atoms with Gasteiger partial charge in [-0.05, 0) is 105 Å². The Morgan fingerprint density at radius 3 is 1.95 bits per heavy atom. The van der Waals surface area contributed by atoms with E-state index in [1.165, 1.54) is 64.3 Å². The molecule has 0 amide bonds. The third-order valence-corrected chi connectivity index (χ3v) is 12.0. The summed E-state index contributed by atoms with van der Waals surface area (Å²) < 4.78 is 9.30. The average Bonchev–Trinajstić information content (AvgIpc) is 3.83. The van der Waals surface area contributed by atoms with Gasteiger partial charge in [0.05, 0.1) is 5.69 Å². The molecule has 0 radical (unpaired) electrons. The van der Waals surface area contributed by atoms with E-state index in [0.717, 1.165) is 39.0 Å².